The van der Waals surface area contributed by atoms with E-state index in [1.54, 1.807) is 7.11 Å². The topological polar surface area (TPSA) is 47.0 Å². The lowest BCUT2D eigenvalue weighted by Crippen LogP contribution is -2.32. The van der Waals surface area contributed by atoms with Crippen molar-refractivity contribution in [3.63, 3.8) is 0 Å². The molecule has 1 N–H and O–H groups in total. The summed E-state index contributed by atoms with van der Waals surface area (Å²) < 4.78 is 6.15. The quantitative estimate of drug-likeness (QED) is 0.849. The van der Waals surface area contributed by atoms with Gasteiger partial charge in [0.05, 0.1) is 5.60 Å². The summed E-state index contributed by atoms with van der Waals surface area (Å²) in [6, 6.07) is 1.87. The number of methoxy groups -OCH3 is 1. The predicted octanol–water partition coefficient (Wildman–Crippen LogP) is 3.20. The Kier molecular flexibility index (Phi) is 4.89. The van der Waals surface area contributed by atoms with E-state index in [1.807, 2.05) is 19.9 Å². The minimum atomic E-state index is -0.213. The Hall–Kier alpha value is -0.680. The lowest BCUT2D eigenvalue weighted by atomic mass is 10.1. The summed E-state index contributed by atoms with van der Waals surface area (Å²) in [5.41, 5.74) is -0.213. The first-order valence-corrected chi connectivity index (χ1v) is 6.47. The molecule has 96 valence electrons. The van der Waals surface area contributed by atoms with Crippen molar-refractivity contribution in [2.45, 2.75) is 39.2 Å². The number of halogens is 1. The minimum Gasteiger partial charge on any atom is -0.377 e. The molecule has 0 aliphatic heterocycles. The van der Waals surface area contributed by atoms with Crippen molar-refractivity contribution in [1.29, 1.82) is 0 Å². The maximum atomic E-state index is 5.35. The Morgan fingerprint density at radius 3 is 2.59 bits per heavy atom. The monoisotopic (exact) mass is 301 g/mol. The van der Waals surface area contributed by atoms with E-state index in [-0.39, 0.29) is 5.60 Å². The molecule has 1 aromatic rings. The van der Waals surface area contributed by atoms with E-state index in [4.69, 9.17) is 4.74 Å². The van der Waals surface area contributed by atoms with Gasteiger partial charge in [-0.1, -0.05) is 13.8 Å². The zero-order valence-electron chi connectivity index (χ0n) is 11.0. The van der Waals surface area contributed by atoms with Crippen LogP contribution in [0.15, 0.2) is 10.7 Å². The summed E-state index contributed by atoms with van der Waals surface area (Å²) >= 11 is 3.40. The first-order valence-electron chi connectivity index (χ1n) is 5.67. The number of aromatic nitrogens is 2. The molecule has 0 saturated heterocycles. The Labute approximate surface area is 111 Å². The third-order valence-corrected chi connectivity index (χ3v) is 2.88. The molecule has 0 aliphatic rings. The van der Waals surface area contributed by atoms with Crippen LogP contribution in [0.1, 0.15) is 39.4 Å². The molecule has 0 amide bonds. The van der Waals surface area contributed by atoms with E-state index < -0.39 is 0 Å². The molecule has 17 heavy (non-hydrogen) atoms. The molecule has 0 atom stereocenters. The third-order valence-electron chi connectivity index (χ3n) is 2.48. The standard InChI is InChI=1S/C12H20BrN3O/c1-8(2)11-15-9(13)6-10(16-11)14-7-12(3,4)17-5/h6,8H,7H2,1-5H3,(H,14,15,16). The molecular formula is C12H20BrN3O. The molecule has 1 heterocycles. The number of hydrogen-bond donors (Lipinski definition) is 1. The van der Waals surface area contributed by atoms with Gasteiger partial charge in [0.1, 0.15) is 16.2 Å². The summed E-state index contributed by atoms with van der Waals surface area (Å²) in [5.74, 6) is 1.96. The zero-order valence-corrected chi connectivity index (χ0v) is 12.6. The van der Waals surface area contributed by atoms with Gasteiger partial charge in [0.2, 0.25) is 0 Å². The molecule has 0 spiro atoms. The first-order chi connectivity index (χ1) is 7.84. The molecule has 5 heteroatoms. The van der Waals surface area contributed by atoms with E-state index in [0.29, 0.717) is 12.5 Å². The Bertz CT molecular complexity index is 380. The van der Waals surface area contributed by atoms with Crippen LogP contribution in [0.4, 0.5) is 5.82 Å². The van der Waals surface area contributed by atoms with E-state index in [0.717, 1.165) is 16.2 Å². The second-order valence-electron chi connectivity index (χ2n) is 4.91. The third kappa shape index (κ3) is 4.60. The van der Waals surface area contributed by atoms with E-state index in [2.05, 4.69) is 45.1 Å². The zero-order chi connectivity index (χ0) is 13.1. The van der Waals surface area contributed by atoms with Crippen LogP contribution in [0.25, 0.3) is 0 Å². The van der Waals surface area contributed by atoms with Crippen molar-refractivity contribution in [3.05, 3.63) is 16.5 Å². The Morgan fingerprint density at radius 2 is 2.06 bits per heavy atom. The summed E-state index contributed by atoms with van der Waals surface area (Å²) in [7, 11) is 1.71. The molecule has 0 radical (unpaired) electrons. The van der Waals surface area contributed by atoms with Crippen LogP contribution in [-0.2, 0) is 4.74 Å². The lowest BCUT2D eigenvalue weighted by molar-refractivity contribution is 0.0343. The average Bonchev–Trinajstić information content (AvgIpc) is 2.26. The molecule has 0 unspecified atom stereocenters. The molecular weight excluding hydrogens is 282 g/mol. The smallest absolute Gasteiger partial charge is 0.134 e. The second-order valence-corrected chi connectivity index (χ2v) is 5.72. The van der Waals surface area contributed by atoms with E-state index in [9.17, 15) is 0 Å². The van der Waals surface area contributed by atoms with Crippen LogP contribution in [0.3, 0.4) is 0 Å². The van der Waals surface area contributed by atoms with Crippen LogP contribution < -0.4 is 5.32 Å². The molecule has 1 aromatic heterocycles. The van der Waals surface area contributed by atoms with Crippen molar-refractivity contribution >= 4 is 21.7 Å². The fraction of sp³-hybridized carbons (Fsp3) is 0.667. The van der Waals surface area contributed by atoms with Gasteiger partial charge in [-0.3, -0.25) is 0 Å². The van der Waals surface area contributed by atoms with Gasteiger partial charge in [-0.25, -0.2) is 9.97 Å². The summed E-state index contributed by atoms with van der Waals surface area (Å²) in [5, 5.41) is 3.27. The molecule has 0 aliphatic carbocycles. The normalized spacial score (nSPS) is 11.9. The van der Waals surface area contributed by atoms with Gasteiger partial charge in [0.15, 0.2) is 0 Å². The highest BCUT2D eigenvalue weighted by atomic mass is 79.9. The van der Waals surface area contributed by atoms with Gasteiger partial charge in [0.25, 0.3) is 0 Å². The highest BCUT2D eigenvalue weighted by molar-refractivity contribution is 9.10. The number of ether oxygens (including phenoxy) is 1. The summed E-state index contributed by atoms with van der Waals surface area (Å²) in [6.07, 6.45) is 0. The number of rotatable bonds is 5. The van der Waals surface area contributed by atoms with Crippen molar-refractivity contribution in [2.24, 2.45) is 0 Å². The van der Waals surface area contributed by atoms with Crippen LogP contribution in [0.5, 0.6) is 0 Å². The fourth-order valence-corrected chi connectivity index (χ4v) is 1.56. The number of anilines is 1. The summed E-state index contributed by atoms with van der Waals surface area (Å²) in [6.45, 7) is 8.90. The van der Waals surface area contributed by atoms with Gasteiger partial charge >= 0.3 is 0 Å². The minimum absolute atomic E-state index is 0.213. The van der Waals surface area contributed by atoms with E-state index >= 15 is 0 Å². The largest absolute Gasteiger partial charge is 0.377 e. The Balaban J connectivity index is 2.78. The van der Waals surface area contributed by atoms with Crippen LogP contribution in [0, 0.1) is 0 Å². The first kappa shape index (κ1) is 14.4. The number of nitrogens with one attached hydrogen (secondary N) is 1. The maximum Gasteiger partial charge on any atom is 0.134 e. The molecule has 1 rings (SSSR count). The highest BCUT2D eigenvalue weighted by Crippen LogP contribution is 2.18. The molecule has 4 nitrogen and oxygen atoms in total. The SMILES string of the molecule is COC(C)(C)CNc1cc(Br)nc(C(C)C)n1. The van der Waals surface area contributed by atoms with E-state index in [1.165, 1.54) is 0 Å². The average molecular weight is 302 g/mol. The Morgan fingerprint density at radius 1 is 1.41 bits per heavy atom. The van der Waals surface area contributed by atoms with Gasteiger partial charge in [0, 0.05) is 25.6 Å². The lowest BCUT2D eigenvalue weighted by Gasteiger charge is -2.23. The molecule has 0 bridgehead atoms. The fourth-order valence-electron chi connectivity index (χ4n) is 1.16. The van der Waals surface area contributed by atoms with Crippen LogP contribution >= 0.6 is 15.9 Å². The number of nitrogens with zero attached hydrogens (tertiary/aromatic N) is 2. The highest BCUT2D eigenvalue weighted by Gasteiger charge is 2.16. The molecule has 0 saturated carbocycles. The van der Waals surface area contributed by atoms with Crippen molar-refractivity contribution in [3.8, 4) is 0 Å². The van der Waals surface area contributed by atoms with Crippen LogP contribution in [-0.4, -0.2) is 29.2 Å². The van der Waals surface area contributed by atoms with Crippen molar-refractivity contribution < 1.29 is 4.74 Å². The maximum absolute atomic E-state index is 5.35. The van der Waals surface area contributed by atoms with Gasteiger partial charge in [-0.15, -0.1) is 0 Å². The predicted molar refractivity (Wildman–Crippen MR) is 73.4 cm³/mol. The van der Waals surface area contributed by atoms with Gasteiger partial charge in [-0.05, 0) is 29.8 Å². The number of hydrogen-bond acceptors (Lipinski definition) is 4. The van der Waals surface area contributed by atoms with Gasteiger partial charge < -0.3 is 10.1 Å². The van der Waals surface area contributed by atoms with Crippen molar-refractivity contribution in [2.75, 3.05) is 19.0 Å². The van der Waals surface area contributed by atoms with Crippen molar-refractivity contribution in [1.82, 2.24) is 9.97 Å². The second kappa shape index (κ2) is 5.78. The molecule has 0 aromatic carbocycles. The molecule has 0 fully saturated rings. The van der Waals surface area contributed by atoms with Gasteiger partial charge in [-0.2, -0.15) is 0 Å². The summed E-state index contributed by atoms with van der Waals surface area (Å²) in [4.78, 5) is 8.79. The van der Waals surface area contributed by atoms with Crippen LogP contribution in [0.2, 0.25) is 0 Å².